The average Bonchev–Trinajstić information content (AvgIpc) is 3.14. The monoisotopic (exact) mass is 510 g/mol. The first-order chi connectivity index (χ1) is 17.0. The molecule has 0 radical (unpaired) electrons. The second kappa shape index (κ2) is 10.4. The number of halogens is 2. The number of hydrogen-bond acceptors (Lipinski definition) is 2. The molecular weight excluding hydrogens is 479 g/mol. The fraction of sp³-hybridized carbons (Fsp3) is 0.448. The van der Waals surface area contributed by atoms with Crippen LogP contribution in [-0.2, 0) is 15.0 Å². The van der Waals surface area contributed by atoms with E-state index in [1.54, 1.807) is 23.1 Å². The molecule has 1 N–H and O–H groups in total. The van der Waals surface area contributed by atoms with Crippen LogP contribution in [0.4, 0.5) is 5.69 Å². The molecule has 2 aromatic rings. The van der Waals surface area contributed by atoms with Crippen LogP contribution < -0.4 is 10.2 Å². The fourth-order valence-corrected chi connectivity index (χ4v) is 6.97. The lowest BCUT2D eigenvalue weighted by Crippen LogP contribution is -2.58. The van der Waals surface area contributed by atoms with E-state index in [1.165, 1.54) is 6.42 Å². The minimum atomic E-state index is -0.636. The fourth-order valence-electron chi connectivity index (χ4n) is 6.38. The third-order valence-electron chi connectivity index (χ3n) is 7.99. The van der Waals surface area contributed by atoms with E-state index in [9.17, 15) is 9.59 Å². The number of nitrogens with one attached hydrogen (secondary N) is 1. The molecule has 5 rings (SSSR count). The molecule has 0 aromatic heterocycles. The summed E-state index contributed by atoms with van der Waals surface area (Å²) in [5.74, 6) is -0.297. The van der Waals surface area contributed by atoms with E-state index < -0.39 is 11.5 Å². The molecule has 2 saturated carbocycles. The van der Waals surface area contributed by atoms with Gasteiger partial charge in [-0.05, 0) is 55.0 Å². The Bertz CT molecular complexity index is 1120. The van der Waals surface area contributed by atoms with Crippen LogP contribution in [0.1, 0.15) is 75.3 Å². The first-order valence-electron chi connectivity index (χ1n) is 12.9. The lowest BCUT2D eigenvalue weighted by Gasteiger charge is -2.41. The van der Waals surface area contributed by atoms with Gasteiger partial charge in [-0.3, -0.25) is 14.5 Å². The molecule has 3 aliphatic rings. The van der Waals surface area contributed by atoms with Crippen molar-refractivity contribution in [2.75, 3.05) is 4.90 Å². The Hall–Kier alpha value is -2.30. The molecule has 0 saturated heterocycles. The van der Waals surface area contributed by atoms with Crippen LogP contribution in [0, 0.1) is 0 Å². The lowest BCUT2D eigenvalue weighted by atomic mass is 9.66. The van der Waals surface area contributed by atoms with Crippen LogP contribution in [0.5, 0.6) is 0 Å². The zero-order chi connectivity index (χ0) is 24.4. The van der Waals surface area contributed by atoms with Gasteiger partial charge < -0.3 is 5.32 Å². The number of rotatable bonds is 4. The second-order valence-electron chi connectivity index (χ2n) is 10.2. The maximum Gasteiger partial charge on any atom is 0.251 e. The number of benzene rings is 2. The molecule has 2 aromatic carbocycles. The van der Waals surface area contributed by atoms with Crippen molar-refractivity contribution in [3.05, 3.63) is 69.7 Å². The molecule has 4 nitrogen and oxygen atoms in total. The zero-order valence-electron chi connectivity index (χ0n) is 19.9. The van der Waals surface area contributed by atoms with Gasteiger partial charge in [-0.15, -0.1) is 0 Å². The summed E-state index contributed by atoms with van der Waals surface area (Å²) in [6.07, 6.45) is 13.7. The predicted molar refractivity (Wildman–Crippen MR) is 143 cm³/mol. The van der Waals surface area contributed by atoms with Crippen LogP contribution in [0.25, 0.3) is 6.08 Å². The standard InChI is InChI=1S/C29H32Cl2N2O2/c30-21-18-23-26(24(31)19-21)33(25(34)15-14-20-10-4-1-5-11-20)27(29(23)16-8-3-9-17-29)28(35)32-22-12-6-2-7-13-22/h1,4-5,10-11,14-15,18-19,22,27H,2-3,6-9,12-13,16-17H2,(H,32,35). The molecule has 2 amide bonds. The van der Waals surface area contributed by atoms with Crippen LogP contribution in [-0.4, -0.2) is 23.9 Å². The average molecular weight is 511 g/mol. The molecule has 2 fully saturated rings. The van der Waals surface area contributed by atoms with Crippen molar-refractivity contribution < 1.29 is 9.59 Å². The maximum absolute atomic E-state index is 14.0. The molecule has 1 spiro atoms. The minimum Gasteiger partial charge on any atom is -0.352 e. The van der Waals surface area contributed by atoms with E-state index >= 15 is 0 Å². The number of fused-ring (bicyclic) bond motifs is 2. The number of amides is 2. The van der Waals surface area contributed by atoms with Crippen LogP contribution in [0.15, 0.2) is 48.5 Å². The first-order valence-corrected chi connectivity index (χ1v) is 13.6. The van der Waals surface area contributed by atoms with E-state index in [4.69, 9.17) is 23.2 Å². The number of anilines is 1. The van der Waals surface area contributed by atoms with Gasteiger partial charge >= 0.3 is 0 Å². The molecule has 1 aliphatic heterocycles. The van der Waals surface area contributed by atoms with Gasteiger partial charge in [0.2, 0.25) is 5.91 Å². The SMILES string of the molecule is O=C(NC1CCCCC1)C1N(C(=O)C=Cc2ccccc2)c2c(Cl)cc(Cl)cc2C12CCCCC2. The number of nitrogens with zero attached hydrogens (tertiary/aromatic N) is 1. The van der Waals surface area contributed by atoms with Gasteiger partial charge in [-0.1, -0.05) is 92.1 Å². The van der Waals surface area contributed by atoms with Gasteiger partial charge in [0.25, 0.3) is 5.91 Å². The van der Waals surface area contributed by atoms with Gasteiger partial charge in [0.1, 0.15) is 6.04 Å². The van der Waals surface area contributed by atoms with Crippen molar-refractivity contribution in [3.8, 4) is 0 Å². The first kappa shape index (κ1) is 24.4. The summed E-state index contributed by atoms with van der Waals surface area (Å²) < 4.78 is 0. The molecule has 35 heavy (non-hydrogen) atoms. The van der Waals surface area contributed by atoms with Gasteiger partial charge in [0.05, 0.1) is 10.7 Å². The predicted octanol–water partition coefficient (Wildman–Crippen LogP) is 7.07. The van der Waals surface area contributed by atoms with E-state index in [0.29, 0.717) is 15.7 Å². The van der Waals surface area contributed by atoms with Crippen molar-refractivity contribution in [2.45, 2.75) is 81.7 Å². The van der Waals surface area contributed by atoms with E-state index in [1.807, 2.05) is 36.4 Å². The molecule has 2 aliphatic carbocycles. The zero-order valence-corrected chi connectivity index (χ0v) is 21.5. The van der Waals surface area contributed by atoms with Crippen molar-refractivity contribution in [1.29, 1.82) is 0 Å². The highest BCUT2D eigenvalue weighted by Gasteiger charge is 2.57. The molecule has 1 heterocycles. The summed E-state index contributed by atoms with van der Waals surface area (Å²) in [4.78, 5) is 29.5. The highest BCUT2D eigenvalue weighted by Crippen LogP contribution is 2.56. The number of hydrogen-bond donors (Lipinski definition) is 1. The lowest BCUT2D eigenvalue weighted by molar-refractivity contribution is -0.127. The Kier molecular flexibility index (Phi) is 7.22. The summed E-state index contributed by atoms with van der Waals surface area (Å²) in [6, 6.07) is 12.9. The van der Waals surface area contributed by atoms with Gasteiger partial charge in [0.15, 0.2) is 0 Å². The second-order valence-corrected chi connectivity index (χ2v) is 11.0. The van der Waals surface area contributed by atoms with E-state index in [0.717, 1.165) is 68.9 Å². The van der Waals surface area contributed by atoms with Crippen molar-refractivity contribution in [3.63, 3.8) is 0 Å². The molecule has 6 heteroatoms. The quantitative estimate of drug-likeness (QED) is 0.447. The summed E-state index contributed by atoms with van der Waals surface area (Å²) in [6.45, 7) is 0. The Morgan fingerprint density at radius 2 is 1.63 bits per heavy atom. The summed E-state index contributed by atoms with van der Waals surface area (Å²) >= 11 is 13.2. The topological polar surface area (TPSA) is 49.4 Å². The van der Waals surface area contributed by atoms with Crippen molar-refractivity contribution >= 4 is 46.8 Å². The Labute approximate surface area is 217 Å². The van der Waals surface area contributed by atoms with E-state index in [2.05, 4.69) is 5.32 Å². The molecule has 1 unspecified atom stereocenters. The Balaban J connectivity index is 1.58. The normalized spacial score (nSPS) is 21.9. The smallest absolute Gasteiger partial charge is 0.251 e. The highest BCUT2D eigenvalue weighted by molar-refractivity contribution is 6.37. The maximum atomic E-state index is 14.0. The van der Waals surface area contributed by atoms with Crippen molar-refractivity contribution in [2.24, 2.45) is 0 Å². The molecule has 1 atom stereocenters. The van der Waals surface area contributed by atoms with Crippen LogP contribution >= 0.6 is 23.2 Å². The Morgan fingerprint density at radius 1 is 0.943 bits per heavy atom. The third kappa shape index (κ3) is 4.75. The van der Waals surface area contributed by atoms with Gasteiger partial charge in [-0.2, -0.15) is 0 Å². The highest BCUT2D eigenvalue weighted by atomic mass is 35.5. The molecular formula is C29H32Cl2N2O2. The van der Waals surface area contributed by atoms with Gasteiger partial charge in [-0.25, -0.2) is 0 Å². The largest absolute Gasteiger partial charge is 0.352 e. The summed E-state index contributed by atoms with van der Waals surface area (Å²) in [7, 11) is 0. The van der Waals surface area contributed by atoms with Gasteiger partial charge in [0, 0.05) is 22.6 Å². The number of carbonyl (C=O) groups excluding carboxylic acids is 2. The third-order valence-corrected chi connectivity index (χ3v) is 8.49. The Morgan fingerprint density at radius 3 is 2.34 bits per heavy atom. The number of carbonyl (C=O) groups is 2. The summed E-state index contributed by atoms with van der Waals surface area (Å²) in [5.41, 5.74) is 2.04. The van der Waals surface area contributed by atoms with E-state index in [-0.39, 0.29) is 17.9 Å². The summed E-state index contributed by atoms with van der Waals surface area (Å²) in [5, 5.41) is 4.29. The van der Waals surface area contributed by atoms with Crippen LogP contribution in [0.2, 0.25) is 10.0 Å². The van der Waals surface area contributed by atoms with Crippen molar-refractivity contribution in [1.82, 2.24) is 5.32 Å². The van der Waals surface area contributed by atoms with Crippen LogP contribution in [0.3, 0.4) is 0 Å². The minimum absolute atomic E-state index is 0.0661. The molecule has 0 bridgehead atoms. The molecule has 184 valence electrons.